The maximum Gasteiger partial charge on any atom is 0.171 e. The molecule has 0 amide bonds. The molecule has 1 atom stereocenters. The van der Waals surface area contributed by atoms with Crippen LogP contribution in [0.15, 0.2) is 42.5 Å². The summed E-state index contributed by atoms with van der Waals surface area (Å²) in [5.41, 5.74) is 4.44. The van der Waals surface area contributed by atoms with Crippen molar-refractivity contribution in [2.75, 3.05) is 5.32 Å². The molecular formula is C18H21ClN2S. The molecule has 0 aliphatic carbocycles. The van der Waals surface area contributed by atoms with E-state index in [0.717, 1.165) is 22.7 Å². The fourth-order valence-corrected chi connectivity index (χ4v) is 2.66. The van der Waals surface area contributed by atoms with Gasteiger partial charge in [0.2, 0.25) is 0 Å². The zero-order valence-electron chi connectivity index (χ0n) is 13.1. The third-order valence-corrected chi connectivity index (χ3v) is 4.25. The number of thiocarbonyl (C=S) groups is 1. The van der Waals surface area contributed by atoms with Gasteiger partial charge in [0.25, 0.3) is 0 Å². The molecule has 0 aliphatic heterocycles. The molecule has 22 heavy (non-hydrogen) atoms. The van der Waals surface area contributed by atoms with Crippen molar-refractivity contribution in [1.29, 1.82) is 0 Å². The van der Waals surface area contributed by atoms with Gasteiger partial charge in [0.15, 0.2) is 5.11 Å². The largest absolute Gasteiger partial charge is 0.356 e. The van der Waals surface area contributed by atoms with Crippen molar-refractivity contribution in [2.45, 2.75) is 33.2 Å². The van der Waals surface area contributed by atoms with Gasteiger partial charge in [0, 0.05) is 10.7 Å². The Hall–Kier alpha value is -1.58. The highest BCUT2D eigenvalue weighted by atomic mass is 35.5. The molecular weight excluding hydrogens is 312 g/mol. The van der Waals surface area contributed by atoms with Crippen LogP contribution in [0.3, 0.4) is 0 Å². The summed E-state index contributed by atoms with van der Waals surface area (Å²) in [6.45, 7) is 6.21. The van der Waals surface area contributed by atoms with E-state index in [0.29, 0.717) is 5.11 Å². The molecule has 2 aromatic rings. The highest BCUT2D eigenvalue weighted by Gasteiger charge is 2.10. The summed E-state index contributed by atoms with van der Waals surface area (Å²) >= 11 is 11.6. The van der Waals surface area contributed by atoms with Crippen LogP contribution in [-0.2, 0) is 0 Å². The molecule has 0 heterocycles. The summed E-state index contributed by atoms with van der Waals surface area (Å²) in [7, 11) is 0. The van der Waals surface area contributed by atoms with Crippen LogP contribution in [0, 0.1) is 13.8 Å². The second kappa shape index (κ2) is 7.61. The van der Waals surface area contributed by atoms with Crippen LogP contribution in [0.25, 0.3) is 0 Å². The normalized spacial score (nSPS) is 11.8. The average Bonchev–Trinajstić information content (AvgIpc) is 2.49. The van der Waals surface area contributed by atoms with E-state index < -0.39 is 0 Å². The zero-order valence-corrected chi connectivity index (χ0v) is 14.7. The van der Waals surface area contributed by atoms with Crippen LogP contribution in [-0.4, -0.2) is 5.11 Å². The van der Waals surface area contributed by atoms with Gasteiger partial charge in [-0.15, -0.1) is 0 Å². The van der Waals surface area contributed by atoms with Gasteiger partial charge in [0.05, 0.1) is 6.04 Å². The Kier molecular flexibility index (Phi) is 5.81. The van der Waals surface area contributed by atoms with Crippen molar-refractivity contribution >= 4 is 34.6 Å². The average molecular weight is 333 g/mol. The summed E-state index contributed by atoms with van der Waals surface area (Å²) in [5, 5.41) is 7.89. The quantitative estimate of drug-likeness (QED) is 0.733. The molecule has 0 bridgehead atoms. The van der Waals surface area contributed by atoms with Gasteiger partial charge in [-0.25, -0.2) is 0 Å². The summed E-state index contributed by atoms with van der Waals surface area (Å²) < 4.78 is 0. The molecule has 4 heteroatoms. The highest BCUT2D eigenvalue weighted by Crippen LogP contribution is 2.21. The maximum atomic E-state index is 6.14. The van der Waals surface area contributed by atoms with Crippen LogP contribution < -0.4 is 10.6 Å². The Morgan fingerprint density at radius 3 is 2.41 bits per heavy atom. The second-order valence-electron chi connectivity index (χ2n) is 5.43. The molecule has 116 valence electrons. The number of nitrogens with one attached hydrogen (secondary N) is 2. The Labute approximate surface area is 142 Å². The number of halogens is 1. The van der Waals surface area contributed by atoms with Gasteiger partial charge in [0.1, 0.15) is 0 Å². The number of hydrogen-bond acceptors (Lipinski definition) is 1. The van der Waals surface area contributed by atoms with E-state index in [1.807, 2.05) is 25.1 Å². The minimum atomic E-state index is 0.196. The highest BCUT2D eigenvalue weighted by molar-refractivity contribution is 7.80. The van der Waals surface area contributed by atoms with Gasteiger partial charge in [-0.2, -0.15) is 0 Å². The first kappa shape index (κ1) is 16.8. The van der Waals surface area contributed by atoms with Crippen molar-refractivity contribution in [3.63, 3.8) is 0 Å². The zero-order chi connectivity index (χ0) is 16.1. The lowest BCUT2D eigenvalue weighted by Gasteiger charge is -2.20. The van der Waals surface area contributed by atoms with Gasteiger partial charge < -0.3 is 10.6 Å². The second-order valence-corrected chi connectivity index (χ2v) is 6.25. The first-order chi connectivity index (χ1) is 10.5. The van der Waals surface area contributed by atoms with Crippen LogP contribution >= 0.6 is 23.8 Å². The van der Waals surface area contributed by atoms with Crippen molar-refractivity contribution in [2.24, 2.45) is 0 Å². The Morgan fingerprint density at radius 1 is 1.14 bits per heavy atom. The minimum absolute atomic E-state index is 0.196. The molecule has 0 saturated heterocycles. The predicted octanol–water partition coefficient (Wildman–Crippen LogP) is 5.39. The lowest BCUT2D eigenvalue weighted by Crippen LogP contribution is -2.32. The van der Waals surface area contributed by atoms with Crippen LogP contribution in [0.4, 0.5) is 5.69 Å². The van der Waals surface area contributed by atoms with E-state index in [1.165, 1.54) is 11.1 Å². The number of rotatable bonds is 4. The fourth-order valence-electron chi connectivity index (χ4n) is 2.22. The molecule has 2 rings (SSSR count). The minimum Gasteiger partial charge on any atom is -0.356 e. The van der Waals surface area contributed by atoms with Crippen molar-refractivity contribution in [1.82, 2.24) is 5.32 Å². The molecule has 2 aromatic carbocycles. The predicted molar refractivity (Wildman–Crippen MR) is 99.8 cm³/mol. The molecule has 0 spiro atoms. The summed E-state index contributed by atoms with van der Waals surface area (Å²) in [6.07, 6.45) is 0.958. The van der Waals surface area contributed by atoms with E-state index >= 15 is 0 Å². The molecule has 0 aromatic heterocycles. The van der Waals surface area contributed by atoms with Gasteiger partial charge in [-0.05, 0) is 55.7 Å². The maximum absolute atomic E-state index is 6.14. The van der Waals surface area contributed by atoms with Gasteiger partial charge in [-0.3, -0.25) is 0 Å². The molecule has 0 saturated carbocycles. The number of benzene rings is 2. The third-order valence-electron chi connectivity index (χ3n) is 3.62. The number of aryl methyl sites for hydroxylation is 2. The standard InChI is InChI=1S/C18H21ClN2S/c1-4-17(14-8-5-12(2)6-9-14)21-18(22)20-15-10-7-13(3)16(19)11-15/h5-11,17H,4H2,1-3H3,(H2,20,21,22). The monoisotopic (exact) mass is 332 g/mol. The number of hydrogen-bond donors (Lipinski definition) is 2. The summed E-state index contributed by atoms with van der Waals surface area (Å²) in [4.78, 5) is 0. The third kappa shape index (κ3) is 4.46. The molecule has 0 radical (unpaired) electrons. The molecule has 0 aliphatic rings. The smallest absolute Gasteiger partial charge is 0.171 e. The topological polar surface area (TPSA) is 24.1 Å². The van der Waals surface area contributed by atoms with E-state index in [-0.39, 0.29) is 6.04 Å². The lowest BCUT2D eigenvalue weighted by atomic mass is 10.0. The van der Waals surface area contributed by atoms with E-state index in [4.69, 9.17) is 23.8 Å². The first-order valence-corrected chi connectivity index (χ1v) is 8.18. The number of anilines is 1. The van der Waals surface area contributed by atoms with Gasteiger partial charge >= 0.3 is 0 Å². The van der Waals surface area contributed by atoms with E-state index in [9.17, 15) is 0 Å². The molecule has 0 fully saturated rings. The van der Waals surface area contributed by atoms with E-state index in [1.54, 1.807) is 0 Å². The van der Waals surface area contributed by atoms with Crippen LogP contribution in [0.5, 0.6) is 0 Å². The van der Waals surface area contributed by atoms with E-state index in [2.05, 4.69) is 48.7 Å². The van der Waals surface area contributed by atoms with Gasteiger partial charge in [-0.1, -0.05) is 54.4 Å². The first-order valence-electron chi connectivity index (χ1n) is 7.40. The van der Waals surface area contributed by atoms with Crippen LogP contribution in [0.2, 0.25) is 5.02 Å². The Bertz CT molecular complexity index is 653. The fraction of sp³-hybridized carbons (Fsp3) is 0.278. The summed E-state index contributed by atoms with van der Waals surface area (Å²) in [5.74, 6) is 0. The van der Waals surface area contributed by atoms with Crippen LogP contribution in [0.1, 0.15) is 36.1 Å². The molecule has 2 N–H and O–H groups in total. The SMILES string of the molecule is CCC(NC(=S)Nc1ccc(C)c(Cl)c1)c1ccc(C)cc1. The molecule has 1 unspecified atom stereocenters. The Balaban J connectivity index is 2.02. The van der Waals surface area contributed by atoms with Crippen molar-refractivity contribution in [3.8, 4) is 0 Å². The molecule has 2 nitrogen and oxygen atoms in total. The van der Waals surface area contributed by atoms with Crippen molar-refractivity contribution < 1.29 is 0 Å². The lowest BCUT2D eigenvalue weighted by molar-refractivity contribution is 0.629. The summed E-state index contributed by atoms with van der Waals surface area (Å²) in [6, 6.07) is 14.6. The van der Waals surface area contributed by atoms with Crippen molar-refractivity contribution in [3.05, 3.63) is 64.2 Å². The Morgan fingerprint density at radius 2 is 1.82 bits per heavy atom.